The largest absolute Gasteiger partial charge is 0.368 e. The van der Waals surface area contributed by atoms with Crippen molar-refractivity contribution in [2.45, 2.75) is 44.7 Å². The molecule has 2 fully saturated rings. The number of benzene rings is 3. The van der Waals surface area contributed by atoms with E-state index in [1.165, 1.54) is 12.0 Å². The van der Waals surface area contributed by atoms with Crippen molar-refractivity contribution in [2.75, 3.05) is 41.7 Å². The number of anilines is 3. The Morgan fingerprint density at radius 3 is 2.20 bits per heavy atom. The van der Waals surface area contributed by atoms with Crippen LogP contribution in [-0.2, 0) is 6.54 Å². The molecule has 9 heteroatoms. The van der Waals surface area contributed by atoms with E-state index in [0.29, 0.717) is 27.0 Å². The summed E-state index contributed by atoms with van der Waals surface area (Å²) in [5.74, 6) is -0.105. The summed E-state index contributed by atoms with van der Waals surface area (Å²) in [6.45, 7) is 4.35. The molecule has 2 aliphatic rings. The molecule has 3 aromatic rings. The maximum Gasteiger partial charge on any atom is 0.323 e. The number of urea groups is 1. The summed E-state index contributed by atoms with van der Waals surface area (Å²) in [7, 11) is 0. The summed E-state index contributed by atoms with van der Waals surface area (Å²) in [6, 6.07) is 20.7. The Bertz CT molecular complexity index is 1300. The zero-order valence-corrected chi connectivity index (χ0v) is 24.0. The Hall–Kier alpha value is -3.26. The number of hydrogen-bond donors (Lipinski definition) is 3. The number of rotatable bonds is 7. The van der Waals surface area contributed by atoms with E-state index in [4.69, 9.17) is 23.2 Å². The maximum atomic E-state index is 13.6. The number of halogens is 2. The summed E-state index contributed by atoms with van der Waals surface area (Å²) < 4.78 is 0. The lowest BCUT2D eigenvalue weighted by atomic mass is 9.95. The molecule has 1 saturated carbocycles. The van der Waals surface area contributed by atoms with Gasteiger partial charge in [-0.05, 0) is 48.7 Å². The van der Waals surface area contributed by atoms with E-state index >= 15 is 0 Å². The molecule has 40 heavy (non-hydrogen) atoms. The smallest absolute Gasteiger partial charge is 0.323 e. The minimum absolute atomic E-state index is 0.105. The lowest BCUT2D eigenvalue weighted by Gasteiger charge is -2.37. The number of piperazine rings is 1. The van der Waals surface area contributed by atoms with E-state index in [2.05, 4.69) is 50.0 Å². The van der Waals surface area contributed by atoms with E-state index in [1.807, 2.05) is 18.2 Å². The number of amides is 3. The molecule has 5 rings (SSSR count). The van der Waals surface area contributed by atoms with Gasteiger partial charge in [-0.15, -0.1) is 0 Å². The molecule has 1 aliphatic heterocycles. The van der Waals surface area contributed by atoms with E-state index in [0.717, 1.165) is 64.1 Å². The van der Waals surface area contributed by atoms with Crippen LogP contribution in [0.1, 0.15) is 48.0 Å². The first kappa shape index (κ1) is 28.3. The summed E-state index contributed by atoms with van der Waals surface area (Å²) in [5, 5.41) is 9.49. The fourth-order valence-electron chi connectivity index (χ4n) is 5.46. The van der Waals surface area contributed by atoms with Gasteiger partial charge < -0.3 is 20.9 Å². The van der Waals surface area contributed by atoms with Gasteiger partial charge in [-0.3, -0.25) is 9.69 Å². The van der Waals surface area contributed by atoms with Crippen molar-refractivity contribution in [3.05, 3.63) is 87.9 Å². The monoisotopic (exact) mass is 579 g/mol. The molecule has 210 valence electrons. The van der Waals surface area contributed by atoms with Gasteiger partial charge in [-0.25, -0.2) is 4.79 Å². The molecule has 0 radical (unpaired) electrons. The van der Waals surface area contributed by atoms with Crippen LogP contribution >= 0.6 is 23.2 Å². The average molecular weight is 581 g/mol. The maximum absolute atomic E-state index is 13.6. The average Bonchev–Trinajstić information content (AvgIpc) is 2.97. The molecule has 0 bridgehead atoms. The SMILES string of the molecule is O=C(Nc1ccc(N2CCN(Cc3ccccc3)CC2)c(C(=O)NC2CCCCC2)c1)Nc1c(Cl)cccc1Cl. The topological polar surface area (TPSA) is 76.7 Å². The summed E-state index contributed by atoms with van der Waals surface area (Å²) in [6.07, 6.45) is 5.48. The second kappa shape index (κ2) is 13.4. The van der Waals surface area contributed by atoms with Crippen molar-refractivity contribution < 1.29 is 9.59 Å². The van der Waals surface area contributed by atoms with Crippen molar-refractivity contribution >= 4 is 52.2 Å². The first-order valence-corrected chi connectivity index (χ1v) is 14.7. The standard InChI is InChI=1S/C31H35Cl2N5O2/c32-26-12-7-13-27(33)29(26)36-31(40)35-24-14-15-28(25(20-24)30(39)34-23-10-5-2-6-11-23)38-18-16-37(17-19-38)21-22-8-3-1-4-9-22/h1,3-4,7-9,12-15,20,23H,2,5-6,10-11,16-19,21H2,(H,34,39)(H2,35,36,40). The first-order chi connectivity index (χ1) is 19.5. The molecular formula is C31H35Cl2N5O2. The molecule has 1 heterocycles. The van der Waals surface area contributed by atoms with Gasteiger partial charge in [0.2, 0.25) is 0 Å². The van der Waals surface area contributed by atoms with Crippen molar-refractivity contribution in [3.63, 3.8) is 0 Å². The third-order valence-electron chi connectivity index (χ3n) is 7.60. The highest BCUT2D eigenvalue weighted by atomic mass is 35.5. The molecule has 3 amide bonds. The van der Waals surface area contributed by atoms with Crippen LogP contribution in [0.2, 0.25) is 10.0 Å². The summed E-state index contributed by atoms with van der Waals surface area (Å²) >= 11 is 12.4. The van der Waals surface area contributed by atoms with Gasteiger partial charge in [-0.1, -0.05) is 78.9 Å². The zero-order chi connectivity index (χ0) is 27.9. The Morgan fingerprint density at radius 2 is 1.50 bits per heavy atom. The number of carbonyl (C=O) groups is 2. The zero-order valence-electron chi connectivity index (χ0n) is 22.5. The van der Waals surface area contributed by atoms with Gasteiger partial charge in [0.1, 0.15) is 0 Å². The quantitative estimate of drug-likeness (QED) is 0.281. The summed E-state index contributed by atoms with van der Waals surface area (Å²) in [4.78, 5) is 31.1. The molecule has 3 N–H and O–H groups in total. The predicted molar refractivity (Wildman–Crippen MR) is 164 cm³/mol. The number of hydrogen-bond acceptors (Lipinski definition) is 4. The van der Waals surface area contributed by atoms with Crippen LogP contribution in [0, 0.1) is 0 Å². The molecule has 0 unspecified atom stereocenters. The predicted octanol–water partition coefficient (Wildman–Crippen LogP) is 7.02. The van der Waals surface area contributed by atoms with Crippen LogP contribution in [0.4, 0.5) is 21.9 Å². The highest BCUT2D eigenvalue weighted by Gasteiger charge is 2.24. The van der Waals surface area contributed by atoms with Crippen LogP contribution in [0.3, 0.4) is 0 Å². The molecule has 7 nitrogen and oxygen atoms in total. The van der Waals surface area contributed by atoms with Gasteiger partial charge >= 0.3 is 6.03 Å². The number of nitrogens with zero attached hydrogens (tertiary/aromatic N) is 2. The minimum atomic E-state index is -0.490. The van der Waals surface area contributed by atoms with Crippen molar-refractivity contribution in [3.8, 4) is 0 Å². The van der Waals surface area contributed by atoms with Crippen LogP contribution in [-0.4, -0.2) is 49.1 Å². The van der Waals surface area contributed by atoms with Crippen molar-refractivity contribution in [1.29, 1.82) is 0 Å². The molecule has 3 aromatic carbocycles. The number of carbonyl (C=O) groups excluding carboxylic acids is 2. The fraction of sp³-hybridized carbons (Fsp3) is 0.355. The van der Waals surface area contributed by atoms with Gasteiger partial charge in [0.05, 0.1) is 21.3 Å². The van der Waals surface area contributed by atoms with E-state index in [1.54, 1.807) is 24.3 Å². The normalized spacial score (nSPS) is 16.4. The third-order valence-corrected chi connectivity index (χ3v) is 8.23. The Kier molecular flexibility index (Phi) is 9.47. The number of nitrogens with one attached hydrogen (secondary N) is 3. The van der Waals surface area contributed by atoms with Gasteiger partial charge in [0, 0.05) is 50.1 Å². The Balaban J connectivity index is 1.31. The van der Waals surface area contributed by atoms with E-state index in [9.17, 15) is 9.59 Å². The van der Waals surface area contributed by atoms with Gasteiger partial charge in [0.15, 0.2) is 0 Å². The lowest BCUT2D eigenvalue weighted by molar-refractivity contribution is 0.0928. The van der Waals surface area contributed by atoms with Crippen LogP contribution in [0.25, 0.3) is 0 Å². The fourth-order valence-corrected chi connectivity index (χ4v) is 5.96. The molecule has 0 spiro atoms. The summed E-state index contributed by atoms with van der Waals surface area (Å²) in [5.41, 5.74) is 3.60. The van der Waals surface area contributed by atoms with Crippen LogP contribution in [0.5, 0.6) is 0 Å². The highest BCUT2D eigenvalue weighted by molar-refractivity contribution is 6.39. The number of para-hydroxylation sites is 1. The molecular weight excluding hydrogens is 545 g/mol. The van der Waals surface area contributed by atoms with Gasteiger partial charge in [-0.2, -0.15) is 0 Å². The third kappa shape index (κ3) is 7.27. The molecule has 0 aromatic heterocycles. The Morgan fingerprint density at radius 1 is 0.800 bits per heavy atom. The van der Waals surface area contributed by atoms with E-state index in [-0.39, 0.29) is 11.9 Å². The lowest BCUT2D eigenvalue weighted by Crippen LogP contribution is -2.46. The van der Waals surface area contributed by atoms with Crippen LogP contribution < -0.4 is 20.9 Å². The van der Waals surface area contributed by atoms with Gasteiger partial charge in [0.25, 0.3) is 5.91 Å². The second-order valence-electron chi connectivity index (χ2n) is 10.5. The Labute approximate surface area is 245 Å². The molecule has 0 atom stereocenters. The van der Waals surface area contributed by atoms with Crippen LogP contribution in [0.15, 0.2) is 66.7 Å². The van der Waals surface area contributed by atoms with Crippen molar-refractivity contribution in [2.24, 2.45) is 0 Å². The first-order valence-electron chi connectivity index (χ1n) is 13.9. The minimum Gasteiger partial charge on any atom is -0.368 e. The molecule has 1 saturated heterocycles. The van der Waals surface area contributed by atoms with E-state index < -0.39 is 6.03 Å². The second-order valence-corrected chi connectivity index (χ2v) is 11.3. The highest BCUT2D eigenvalue weighted by Crippen LogP contribution is 2.31. The van der Waals surface area contributed by atoms with Crippen molar-refractivity contribution in [1.82, 2.24) is 10.2 Å². The molecule has 1 aliphatic carbocycles.